The van der Waals surface area contributed by atoms with Crippen LogP contribution in [0.1, 0.15) is 49.3 Å². The molecule has 0 N–H and O–H groups in total. The van der Waals surface area contributed by atoms with Crippen LogP contribution in [-0.4, -0.2) is 19.1 Å². The van der Waals surface area contributed by atoms with E-state index in [1.807, 2.05) is 31.2 Å². The minimum atomic E-state index is -4.47. The Morgan fingerprint density at radius 1 is 1.09 bits per heavy atom. The van der Waals surface area contributed by atoms with Crippen molar-refractivity contribution in [1.82, 2.24) is 0 Å². The third-order valence-corrected chi connectivity index (χ3v) is 4.64. The normalized spacial score (nSPS) is 24.8. The Labute approximate surface area is 135 Å². The topological polar surface area (TPSA) is 26.3 Å². The molecule has 0 bridgehead atoms. The van der Waals surface area contributed by atoms with Crippen LogP contribution in [0.15, 0.2) is 24.3 Å². The second-order valence-corrected chi connectivity index (χ2v) is 6.31. The van der Waals surface area contributed by atoms with Crippen LogP contribution < -0.4 is 0 Å². The molecule has 0 amide bonds. The number of aryl methyl sites for hydroxylation is 1. The molecule has 1 aromatic rings. The zero-order valence-electron chi connectivity index (χ0n) is 13.5. The molecule has 128 valence electrons. The molecule has 23 heavy (non-hydrogen) atoms. The van der Waals surface area contributed by atoms with Gasteiger partial charge in [0.05, 0.1) is 6.10 Å². The molecule has 0 aromatic heterocycles. The molecule has 1 aliphatic rings. The lowest BCUT2D eigenvalue weighted by Crippen LogP contribution is -2.38. The monoisotopic (exact) mass is 328 g/mol. The van der Waals surface area contributed by atoms with E-state index in [0.29, 0.717) is 12.8 Å². The van der Waals surface area contributed by atoms with E-state index < -0.39 is 29.9 Å². The summed E-state index contributed by atoms with van der Waals surface area (Å²) in [6.07, 6.45) is -2.83. The lowest BCUT2D eigenvalue weighted by molar-refractivity contribution is -0.188. The van der Waals surface area contributed by atoms with Gasteiger partial charge in [-0.2, -0.15) is 13.2 Å². The number of benzene rings is 1. The van der Waals surface area contributed by atoms with Crippen molar-refractivity contribution in [2.75, 3.05) is 7.11 Å². The van der Waals surface area contributed by atoms with Gasteiger partial charge in [-0.3, -0.25) is 4.79 Å². The lowest BCUT2D eigenvalue weighted by Gasteiger charge is -2.31. The summed E-state index contributed by atoms with van der Waals surface area (Å²) in [5.74, 6) is -3.32. The molecule has 5 heteroatoms. The number of carbonyl (C=O) groups is 1. The molecule has 1 fully saturated rings. The van der Waals surface area contributed by atoms with Gasteiger partial charge in [-0.05, 0) is 25.3 Å². The SMILES string of the molecule is COC(c1ccc(C)cc1)C1CCCCCC(C(F)(F)F)C1=O. The smallest absolute Gasteiger partial charge is 0.376 e. The zero-order valence-corrected chi connectivity index (χ0v) is 13.5. The van der Waals surface area contributed by atoms with E-state index in [1.165, 1.54) is 7.11 Å². The number of methoxy groups -OCH3 is 1. The first kappa shape index (κ1) is 18.0. The lowest BCUT2D eigenvalue weighted by atomic mass is 9.78. The van der Waals surface area contributed by atoms with Gasteiger partial charge in [-0.25, -0.2) is 0 Å². The third kappa shape index (κ3) is 4.34. The molecule has 0 aliphatic heterocycles. The maximum absolute atomic E-state index is 13.2. The number of rotatable bonds is 3. The number of alkyl halides is 3. The Hall–Kier alpha value is -1.36. The number of ether oxygens (including phenoxy) is 1. The molecule has 2 nitrogen and oxygen atoms in total. The van der Waals surface area contributed by atoms with Gasteiger partial charge in [0.25, 0.3) is 0 Å². The molecule has 0 saturated heterocycles. The first-order chi connectivity index (χ1) is 10.8. The molecule has 1 aliphatic carbocycles. The predicted molar refractivity (Wildman–Crippen MR) is 82.1 cm³/mol. The Kier molecular flexibility index (Phi) is 5.84. The predicted octanol–water partition coefficient (Wildman–Crippen LogP) is 5.01. The van der Waals surface area contributed by atoms with Crippen molar-refractivity contribution in [3.8, 4) is 0 Å². The maximum atomic E-state index is 13.2. The number of carbonyl (C=O) groups excluding carboxylic acids is 1. The molecule has 1 aromatic carbocycles. The van der Waals surface area contributed by atoms with Crippen molar-refractivity contribution in [3.63, 3.8) is 0 Å². The summed E-state index contributed by atoms with van der Waals surface area (Å²) in [4.78, 5) is 12.6. The fraction of sp³-hybridized carbons (Fsp3) is 0.611. The summed E-state index contributed by atoms with van der Waals surface area (Å²) < 4.78 is 45.2. The van der Waals surface area contributed by atoms with E-state index in [-0.39, 0.29) is 6.42 Å². The largest absolute Gasteiger partial charge is 0.398 e. The Morgan fingerprint density at radius 2 is 1.70 bits per heavy atom. The van der Waals surface area contributed by atoms with E-state index in [9.17, 15) is 18.0 Å². The van der Waals surface area contributed by atoms with Gasteiger partial charge in [0, 0.05) is 13.0 Å². The number of Topliss-reactive ketones (excluding diaryl/α,β-unsaturated/α-hetero) is 1. The fourth-order valence-corrected chi connectivity index (χ4v) is 3.35. The molecular formula is C18H23F3O2. The molecule has 1 saturated carbocycles. The van der Waals surface area contributed by atoms with Crippen LogP contribution in [-0.2, 0) is 9.53 Å². The maximum Gasteiger partial charge on any atom is 0.398 e. The van der Waals surface area contributed by atoms with E-state index in [0.717, 1.165) is 24.0 Å². The molecular weight excluding hydrogens is 305 g/mol. The van der Waals surface area contributed by atoms with Crippen molar-refractivity contribution in [2.24, 2.45) is 11.8 Å². The van der Waals surface area contributed by atoms with E-state index in [2.05, 4.69) is 0 Å². The molecule has 0 heterocycles. The van der Waals surface area contributed by atoms with E-state index in [1.54, 1.807) is 0 Å². The van der Waals surface area contributed by atoms with Gasteiger partial charge in [0.1, 0.15) is 5.92 Å². The summed E-state index contributed by atoms with van der Waals surface area (Å²) in [5, 5.41) is 0. The van der Waals surface area contributed by atoms with Gasteiger partial charge in [0.15, 0.2) is 5.78 Å². The van der Waals surface area contributed by atoms with Crippen molar-refractivity contribution in [3.05, 3.63) is 35.4 Å². The van der Waals surface area contributed by atoms with E-state index in [4.69, 9.17) is 4.74 Å². The summed E-state index contributed by atoms with van der Waals surface area (Å²) in [6.45, 7) is 1.94. The second-order valence-electron chi connectivity index (χ2n) is 6.31. The van der Waals surface area contributed by atoms with Gasteiger partial charge in [-0.1, -0.05) is 49.1 Å². The summed E-state index contributed by atoms with van der Waals surface area (Å²) >= 11 is 0. The first-order valence-electron chi connectivity index (χ1n) is 8.04. The van der Waals surface area contributed by atoms with Crippen LogP contribution in [0.5, 0.6) is 0 Å². The Bertz CT molecular complexity index is 522. The second kappa shape index (κ2) is 7.47. The summed E-state index contributed by atoms with van der Waals surface area (Å²) in [7, 11) is 1.46. The highest BCUT2D eigenvalue weighted by Gasteiger charge is 2.48. The van der Waals surface area contributed by atoms with Gasteiger partial charge in [-0.15, -0.1) is 0 Å². The third-order valence-electron chi connectivity index (χ3n) is 4.64. The van der Waals surface area contributed by atoms with Crippen LogP contribution in [0, 0.1) is 18.8 Å². The number of halogens is 3. The highest BCUT2D eigenvalue weighted by molar-refractivity contribution is 5.85. The molecule has 3 unspecified atom stereocenters. The fourth-order valence-electron chi connectivity index (χ4n) is 3.35. The van der Waals surface area contributed by atoms with E-state index >= 15 is 0 Å². The zero-order chi connectivity index (χ0) is 17.0. The standard InChI is InChI=1S/C18H23F3O2/c1-12-8-10-13(11-9-12)17(23-2)14-6-4-3-5-7-15(16(14)22)18(19,20)21/h8-11,14-15,17H,3-7H2,1-2H3. The van der Waals surface area contributed by atoms with Crippen LogP contribution in [0.4, 0.5) is 13.2 Å². The molecule has 0 radical (unpaired) electrons. The van der Waals surface area contributed by atoms with Crippen LogP contribution in [0.25, 0.3) is 0 Å². The van der Waals surface area contributed by atoms with Crippen molar-refractivity contribution >= 4 is 5.78 Å². The van der Waals surface area contributed by atoms with Crippen LogP contribution >= 0.6 is 0 Å². The molecule has 2 rings (SSSR count). The minimum Gasteiger partial charge on any atom is -0.376 e. The summed E-state index contributed by atoms with van der Waals surface area (Å²) in [6, 6.07) is 7.43. The number of ketones is 1. The Morgan fingerprint density at radius 3 is 2.26 bits per heavy atom. The van der Waals surface area contributed by atoms with Crippen LogP contribution in [0.3, 0.4) is 0 Å². The minimum absolute atomic E-state index is 0.108. The van der Waals surface area contributed by atoms with Crippen molar-refractivity contribution in [2.45, 2.75) is 51.3 Å². The van der Waals surface area contributed by atoms with Crippen LogP contribution in [0.2, 0.25) is 0 Å². The Balaban J connectivity index is 2.31. The quantitative estimate of drug-likeness (QED) is 0.779. The molecule has 0 spiro atoms. The summed E-state index contributed by atoms with van der Waals surface area (Å²) in [5.41, 5.74) is 1.82. The highest BCUT2D eigenvalue weighted by atomic mass is 19.4. The van der Waals surface area contributed by atoms with Gasteiger partial charge >= 0.3 is 6.18 Å². The average Bonchev–Trinajstić information content (AvgIpc) is 2.47. The van der Waals surface area contributed by atoms with Gasteiger partial charge in [0.2, 0.25) is 0 Å². The molecule has 3 atom stereocenters. The number of hydrogen-bond acceptors (Lipinski definition) is 2. The van der Waals surface area contributed by atoms with Gasteiger partial charge < -0.3 is 4.74 Å². The average molecular weight is 328 g/mol. The first-order valence-corrected chi connectivity index (χ1v) is 8.04. The van der Waals surface area contributed by atoms with Crippen molar-refractivity contribution < 1.29 is 22.7 Å². The number of hydrogen-bond donors (Lipinski definition) is 0. The highest BCUT2D eigenvalue weighted by Crippen LogP contribution is 2.40. The van der Waals surface area contributed by atoms with Crippen molar-refractivity contribution in [1.29, 1.82) is 0 Å².